The van der Waals surface area contributed by atoms with Crippen molar-refractivity contribution in [2.75, 3.05) is 5.32 Å². The molecule has 0 aliphatic rings. The fourth-order valence-electron chi connectivity index (χ4n) is 2.22. The number of aromatic nitrogens is 2. The van der Waals surface area contributed by atoms with Crippen LogP contribution in [0.1, 0.15) is 12.5 Å². The lowest BCUT2D eigenvalue weighted by atomic mass is 10.2. The Bertz CT molecular complexity index is 874. The first-order valence-electron chi connectivity index (χ1n) is 7.42. The van der Waals surface area contributed by atoms with E-state index < -0.39 is 22.9 Å². The molecule has 0 radical (unpaired) electrons. The third-order valence-electron chi connectivity index (χ3n) is 3.48. The highest BCUT2D eigenvalue weighted by Crippen LogP contribution is 2.31. The van der Waals surface area contributed by atoms with E-state index in [-0.39, 0.29) is 5.69 Å². The molecule has 0 saturated carbocycles. The molecule has 1 amide bonds. The molecule has 0 aliphatic heterocycles. The van der Waals surface area contributed by atoms with Crippen molar-refractivity contribution in [1.29, 1.82) is 0 Å². The van der Waals surface area contributed by atoms with E-state index in [1.165, 1.54) is 23.9 Å². The molecule has 1 aromatic heterocycles. The van der Waals surface area contributed by atoms with E-state index >= 15 is 0 Å². The van der Waals surface area contributed by atoms with Gasteiger partial charge in [-0.05, 0) is 37.3 Å². The van der Waals surface area contributed by atoms with E-state index in [0.717, 1.165) is 23.2 Å². The first-order chi connectivity index (χ1) is 11.8. The van der Waals surface area contributed by atoms with Gasteiger partial charge in [-0.1, -0.05) is 30.0 Å². The normalized spacial score (nSPS) is 13.0. The third kappa shape index (κ3) is 4.14. The number of benzene rings is 2. The number of hydrogen-bond donors (Lipinski definition) is 2. The highest BCUT2D eigenvalue weighted by atomic mass is 32.2. The minimum atomic E-state index is -4.45. The van der Waals surface area contributed by atoms with Gasteiger partial charge in [0.2, 0.25) is 5.91 Å². The minimum Gasteiger partial charge on any atom is -0.333 e. The number of nitrogens with zero attached hydrogens (tertiary/aromatic N) is 1. The number of rotatable bonds is 4. The van der Waals surface area contributed by atoms with E-state index in [2.05, 4.69) is 15.3 Å². The molecule has 4 nitrogen and oxygen atoms in total. The van der Waals surface area contributed by atoms with Crippen LogP contribution in [0.15, 0.2) is 53.7 Å². The third-order valence-corrected chi connectivity index (χ3v) is 4.47. The molecule has 8 heteroatoms. The van der Waals surface area contributed by atoms with Crippen LogP contribution in [0.25, 0.3) is 11.0 Å². The van der Waals surface area contributed by atoms with Gasteiger partial charge in [0.15, 0.2) is 5.16 Å². The molecule has 3 aromatic rings. The number of alkyl halides is 3. The Morgan fingerprint density at radius 2 is 1.96 bits per heavy atom. The van der Waals surface area contributed by atoms with Crippen molar-refractivity contribution in [1.82, 2.24) is 9.97 Å². The Morgan fingerprint density at radius 3 is 2.68 bits per heavy atom. The van der Waals surface area contributed by atoms with Crippen LogP contribution in [0.5, 0.6) is 0 Å². The van der Waals surface area contributed by atoms with Crippen molar-refractivity contribution < 1.29 is 18.0 Å². The number of fused-ring (bicyclic) bond motifs is 1. The smallest absolute Gasteiger partial charge is 0.333 e. The number of para-hydroxylation sites is 2. The Morgan fingerprint density at radius 1 is 1.20 bits per heavy atom. The summed E-state index contributed by atoms with van der Waals surface area (Å²) in [6.45, 7) is 1.67. The minimum absolute atomic E-state index is 0.108. The predicted octanol–water partition coefficient (Wildman–Crippen LogP) is 4.70. The molecule has 0 bridgehead atoms. The zero-order chi connectivity index (χ0) is 18.0. The molecule has 2 aromatic carbocycles. The molecule has 130 valence electrons. The van der Waals surface area contributed by atoms with E-state index in [4.69, 9.17) is 0 Å². The second-order valence-electron chi connectivity index (χ2n) is 5.39. The van der Waals surface area contributed by atoms with Crippen LogP contribution in [0.4, 0.5) is 18.9 Å². The van der Waals surface area contributed by atoms with Gasteiger partial charge in [-0.15, -0.1) is 0 Å². The molecule has 2 N–H and O–H groups in total. The molecule has 0 aliphatic carbocycles. The Hall–Kier alpha value is -2.48. The molecule has 1 heterocycles. The lowest BCUT2D eigenvalue weighted by Gasteiger charge is -2.12. The SMILES string of the molecule is C[C@@H](Sc1nc2ccccc2[nH]1)C(=O)Nc1cccc(C(F)(F)F)c1. The maximum atomic E-state index is 12.7. The molecule has 3 rings (SSSR count). The number of anilines is 1. The quantitative estimate of drug-likeness (QED) is 0.659. The molecular formula is C17H14F3N3OS. The summed E-state index contributed by atoms with van der Waals surface area (Å²) in [4.78, 5) is 19.7. The number of aromatic amines is 1. The lowest BCUT2D eigenvalue weighted by Crippen LogP contribution is -2.22. The first-order valence-corrected chi connectivity index (χ1v) is 8.30. The number of nitrogens with one attached hydrogen (secondary N) is 2. The summed E-state index contributed by atoms with van der Waals surface area (Å²) in [5, 5.41) is 2.55. The van der Waals surface area contributed by atoms with Crippen LogP contribution in [0, 0.1) is 0 Å². The maximum Gasteiger partial charge on any atom is 0.416 e. The van der Waals surface area contributed by atoms with Gasteiger partial charge in [0.05, 0.1) is 21.8 Å². The van der Waals surface area contributed by atoms with Gasteiger partial charge in [0.1, 0.15) is 0 Å². The average molecular weight is 365 g/mol. The van der Waals surface area contributed by atoms with Gasteiger partial charge in [0.25, 0.3) is 0 Å². The van der Waals surface area contributed by atoms with Crippen molar-refractivity contribution in [3.63, 3.8) is 0 Å². The number of carbonyl (C=O) groups is 1. The zero-order valence-corrected chi connectivity index (χ0v) is 13.9. The van der Waals surface area contributed by atoms with Crippen LogP contribution in [0.2, 0.25) is 0 Å². The van der Waals surface area contributed by atoms with Crippen molar-refractivity contribution in [2.45, 2.75) is 23.5 Å². The van der Waals surface area contributed by atoms with Crippen molar-refractivity contribution in [3.8, 4) is 0 Å². The number of hydrogen-bond acceptors (Lipinski definition) is 3. The largest absolute Gasteiger partial charge is 0.416 e. The van der Waals surface area contributed by atoms with Crippen molar-refractivity contribution in [2.24, 2.45) is 0 Å². The molecule has 25 heavy (non-hydrogen) atoms. The number of H-pyrrole nitrogens is 1. The maximum absolute atomic E-state index is 12.7. The van der Waals surface area contributed by atoms with Crippen LogP contribution < -0.4 is 5.32 Å². The Balaban J connectivity index is 1.68. The van der Waals surface area contributed by atoms with Gasteiger partial charge in [-0.2, -0.15) is 13.2 Å². The van der Waals surface area contributed by atoms with Gasteiger partial charge < -0.3 is 10.3 Å². The second-order valence-corrected chi connectivity index (χ2v) is 6.72. The van der Waals surface area contributed by atoms with Crippen molar-refractivity contribution >= 4 is 34.4 Å². The highest BCUT2D eigenvalue weighted by molar-refractivity contribution is 8.00. The summed E-state index contributed by atoms with van der Waals surface area (Å²) in [5.74, 6) is -0.398. The summed E-state index contributed by atoms with van der Waals surface area (Å²) < 4.78 is 38.2. The molecule has 0 saturated heterocycles. The molecule has 0 fully saturated rings. The summed E-state index contributed by atoms with van der Waals surface area (Å²) in [7, 11) is 0. The highest BCUT2D eigenvalue weighted by Gasteiger charge is 2.30. The monoisotopic (exact) mass is 365 g/mol. The Kier molecular flexibility index (Phi) is 4.71. The zero-order valence-electron chi connectivity index (χ0n) is 13.1. The fraction of sp³-hybridized carbons (Fsp3) is 0.176. The van der Waals surface area contributed by atoms with E-state index in [1.54, 1.807) is 6.92 Å². The summed E-state index contributed by atoms with van der Waals surface area (Å²) in [6, 6.07) is 12.0. The Labute approximate surface area is 145 Å². The summed E-state index contributed by atoms with van der Waals surface area (Å²) in [6.07, 6.45) is -4.45. The lowest BCUT2D eigenvalue weighted by molar-refractivity contribution is -0.137. The van der Waals surface area contributed by atoms with Gasteiger partial charge in [-0.25, -0.2) is 4.98 Å². The number of imidazole rings is 1. The number of carbonyl (C=O) groups excluding carboxylic acids is 1. The molecule has 1 atom stereocenters. The molecule has 0 unspecified atom stereocenters. The van der Waals surface area contributed by atoms with Gasteiger partial charge in [-0.3, -0.25) is 4.79 Å². The van der Waals surface area contributed by atoms with Gasteiger partial charge in [0, 0.05) is 5.69 Å². The van der Waals surface area contributed by atoms with Crippen molar-refractivity contribution in [3.05, 3.63) is 54.1 Å². The van der Waals surface area contributed by atoms with Crippen LogP contribution in [-0.4, -0.2) is 21.1 Å². The molecule has 0 spiro atoms. The van der Waals surface area contributed by atoms with Crippen LogP contribution in [-0.2, 0) is 11.0 Å². The van der Waals surface area contributed by atoms with Gasteiger partial charge >= 0.3 is 6.18 Å². The van der Waals surface area contributed by atoms with E-state index in [9.17, 15) is 18.0 Å². The van der Waals surface area contributed by atoms with E-state index in [1.807, 2.05) is 24.3 Å². The van der Waals surface area contributed by atoms with Crippen LogP contribution in [0.3, 0.4) is 0 Å². The standard InChI is InChI=1S/C17H14F3N3OS/c1-10(25-16-22-13-7-2-3-8-14(13)23-16)15(24)21-12-6-4-5-11(9-12)17(18,19)20/h2-10H,1H3,(H,21,24)(H,22,23)/t10-/m1/s1. The molecular weight excluding hydrogens is 351 g/mol. The number of amides is 1. The predicted molar refractivity (Wildman–Crippen MR) is 91.5 cm³/mol. The number of halogens is 3. The second kappa shape index (κ2) is 6.79. The summed E-state index contributed by atoms with van der Waals surface area (Å²) in [5.41, 5.74) is 0.950. The first kappa shape index (κ1) is 17.3. The fourth-order valence-corrected chi connectivity index (χ4v) is 3.04. The number of thioether (sulfide) groups is 1. The van der Waals surface area contributed by atoms with E-state index in [0.29, 0.717) is 5.16 Å². The van der Waals surface area contributed by atoms with Crippen LogP contribution >= 0.6 is 11.8 Å². The average Bonchev–Trinajstić information content (AvgIpc) is 2.96. The summed E-state index contributed by atoms with van der Waals surface area (Å²) >= 11 is 1.21. The topological polar surface area (TPSA) is 57.8 Å².